The van der Waals surface area contributed by atoms with Gasteiger partial charge in [0.1, 0.15) is 0 Å². The molecular weight excluding hydrogens is 234 g/mol. The monoisotopic (exact) mass is 257 g/mol. The van der Waals surface area contributed by atoms with Crippen LogP contribution in [0.1, 0.15) is 26.2 Å². The van der Waals surface area contributed by atoms with Gasteiger partial charge in [-0.1, -0.05) is 13.3 Å². The van der Waals surface area contributed by atoms with E-state index in [1.54, 1.807) is 4.90 Å². The molecule has 2 atom stereocenters. The molecule has 6 heteroatoms. The Labute approximate surface area is 108 Å². The number of carboxylic acids is 1. The molecule has 2 unspecified atom stereocenters. The number of urea groups is 1. The van der Waals surface area contributed by atoms with Crippen LogP contribution in [0.4, 0.5) is 4.79 Å². The number of hydrogen-bond acceptors (Lipinski definition) is 3. The average Bonchev–Trinajstić information content (AvgIpc) is 2.82. The van der Waals surface area contributed by atoms with E-state index in [1.165, 1.54) is 0 Å². The summed E-state index contributed by atoms with van der Waals surface area (Å²) in [5, 5.41) is 11.7. The van der Waals surface area contributed by atoms with Gasteiger partial charge in [0.05, 0.1) is 5.92 Å². The summed E-state index contributed by atoms with van der Waals surface area (Å²) in [5.41, 5.74) is 5.56. The van der Waals surface area contributed by atoms with Gasteiger partial charge in [0.15, 0.2) is 0 Å². The van der Waals surface area contributed by atoms with Crippen molar-refractivity contribution < 1.29 is 14.7 Å². The maximum atomic E-state index is 11.8. The maximum Gasteiger partial charge on any atom is 0.317 e. The first kappa shape index (κ1) is 14.8. The quantitative estimate of drug-likeness (QED) is 0.645. The van der Waals surface area contributed by atoms with Crippen LogP contribution in [0.3, 0.4) is 0 Å². The molecule has 1 rings (SSSR count). The number of nitrogens with one attached hydrogen (secondary N) is 1. The van der Waals surface area contributed by atoms with Gasteiger partial charge >= 0.3 is 12.0 Å². The lowest BCUT2D eigenvalue weighted by Gasteiger charge is -2.19. The Kier molecular flexibility index (Phi) is 5.91. The number of likely N-dealkylation sites (tertiary alicyclic amines) is 1. The molecule has 0 saturated carbocycles. The first-order valence-corrected chi connectivity index (χ1v) is 6.54. The molecule has 104 valence electrons. The van der Waals surface area contributed by atoms with Gasteiger partial charge < -0.3 is 21.1 Å². The van der Waals surface area contributed by atoms with Gasteiger partial charge in [-0.25, -0.2) is 4.79 Å². The highest BCUT2D eigenvalue weighted by Crippen LogP contribution is 2.14. The molecule has 6 nitrogen and oxygen atoms in total. The minimum Gasteiger partial charge on any atom is -0.481 e. The molecule has 1 saturated heterocycles. The molecule has 0 aliphatic carbocycles. The molecule has 1 aliphatic heterocycles. The van der Waals surface area contributed by atoms with Crippen LogP contribution in [0.15, 0.2) is 0 Å². The largest absolute Gasteiger partial charge is 0.481 e. The molecule has 1 heterocycles. The lowest BCUT2D eigenvalue weighted by atomic mass is 10.0. The fraction of sp³-hybridized carbons (Fsp3) is 0.833. The zero-order valence-electron chi connectivity index (χ0n) is 10.9. The van der Waals surface area contributed by atoms with E-state index in [9.17, 15) is 9.59 Å². The van der Waals surface area contributed by atoms with Crippen molar-refractivity contribution in [2.75, 3.05) is 26.2 Å². The highest BCUT2D eigenvalue weighted by Gasteiger charge is 2.26. The van der Waals surface area contributed by atoms with E-state index in [1.807, 2.05) is 6.92 Å². The Morgan fingerprint density at radius 3 is 2.78 bits per heavy atom. The van der Waals surface area contributed by atoms with Crippen LogP contribution in [0.2, 0.25) is 0 Å². The second-order valence-corrected chi connectivity index (χ2v) is 4.85. The molecule has 0 radical (unpaired) electrons. The average molecular weight is 257 g/mol. The number of nitrogens with zero attached hydrogens (tertiary/aromatic N) is 1. The number of hydrogen-bond donors (Lipinski definition) is 3. The molecule has 2 amide bonds. The van der Waals surface area contributed by atoms with Crippen LogP contribution in [0.5, 0.6) is 0 Å². The van der Waals surface area contributed by atoms with Crippen LogP contribution < -0.4 is 11.1 Å². The normalized spacial score (nSPS) is 20.8. The van der Waals surface area contributed by atoms with Gasteiger partial charge in [0, 0.05) is 19.6 Å². The molecule has 0 bridgehead atoms. The zero-order valence-corrected chi connectivity index (χ0v) is 10.9. The Hall–Kier alpha value is -1.30. The molecule has 0 aromatic rings. The lowest BCUT2D eigenvalue weighted by molar-refractivity contribution is -0.141. The van der Waals surface area contributed by atoms with Gasteiger partial charge in [-0.3, -0.25) is 4.79 Å². The Morgan fingerprint density at radius 1 is 1.56 bits per heavy atom. The van der Waals surface area contributed by atoms with Crippen LogP contribution in [-0.2, 0) is 4.79 Å². The number of aliphatic carboxylic acids is 1. The number of rotatable bonds is 6. The van der Waals surface area contributed by atoms with Crippen molar-refractivity contribution in [2.45, 2.75) is 26.2 Å². The molecule has 0 spiro atoms. The van der Waals surface area contributed by atoms with Crippen LogP contribution in [0, 0.1) is 11.8 Å². The van der Waals surface area contributed by atoms with Crippen molar-refractivity contribution in [1.82, 2.24) is 10.2 Å². The first-order chi connectivity index (χ1) is 8.58. The van der Waals surface area contributed by atoms with Gasteiger partial charge in [0.25, 0.3) is 0 Å². The topological polar surface area (TPSA) is 95.7 Å². The highest BCUT2D eigenvalue weighted by atomic mass is 16.4. The molecular formula is C12H23N3O3. The van der Waals surface area contributed by atoms with E-state index < -0.39 is 11.9 Å². The van der Waals surface area contributed by atoms with E-state index in [2.05, 4.69) is 5.32 Å². The molecule has 1 fully saturated rings. The van der Waals surface area contributed by atoms with E-state index >= 15 is 0 Å². The van der Waals surface area contributed by atoms with Crippen LogP contribution >= 0.6 is 0 Å². The molecule has 4 N–H and O–H groups in total. The number of amides is 2. The van der Waals surface area contributed by atoms with Gasteiger partial charge in [-0.2, -0.15) is 0 Å². The summed E-state index contributed by atoms with van der Waals surface area (Å²) in [6, 6.07) is -0.173. The van der Waals surface area contributed by atoms with Crippen LogP contribution in [0.25, 0.3) is 0 Å². The summed E-state index contributed by atoms with van der Waals surface area (Å²) >= 11 is 0. The number of nitrogens with two attached hydrogens (primary N) is 1. The Bertz CT molecular complexity index is 296. The standard InChI is InChI=1S/C12H23N3O3/c1-2-3-10(11(16)17)7-14-12(18)15-5-4-9(6-13)8-15/h9-10H,2-8,13H2,1H3,(H,14,18)(H,16,17). The fourth-order valence-corrected chi connectivity index (χ4v) is 2.19. The third-order valence-corrected chi connectivity index (χ3v) is 3.39. The van der Waals surface area contributed by atoms with Crippen molar-refractivity contribution in [2.24, 2.45) is 17.6 Å². The lowest BCUT2D eigenvalue weighted by Crippen LogP contribution is -2.42. The predicted molar refractivity (Wildman–Crippen MR) is 68.2 cm³/mol. The SMILES string of the molecule is CCCC(CNC(=O)N1CCC(CN)C1)C(=O)O. The predicted octanol–water partition coefficient (Wildman–Crippen LogP) is 0.478. The van der Waals surface area contributed by atoms with Gasteiger partial charge in [0.2, 0.25) is 0 Å². The van der Waals surface area contributed by atoms with Crippen molar-refractivity contribution in [3.8, 4) is 0 Å². The maximum absolute atomic E-state index is 11.8. The van der Waals surface area contributed by atoms with Crippen molar-refractivity contribution in [3.63, 3.8) is 0 Å². The highest BCUT2D eigenvalue weighted by molar-refractivity contribution is 5.76. The number of carbonyl (C=O) groups is 2. The first-order valence-electron chi connectivity index (χ1n) is 6.54. The molecule has 1 aliphatic rings. The summed E-state index contributed by atoms with van der Waals surface area (Å²) in [6.07, 6.45) is 2.31. The van der Waals surface area contributed by atoms with Gasteiger partial charge in [-0.15, -0.1) is 0 Å². The van der Waals surface area contributed by atoms with E-state index in [0.717, 1.165) is 12.8 Å². The third kappa shape index (κ3) is 4.18. The summed E-state index contributed by atoms with van der Waals surface area (Å²) < 4.78 is 0. The van der Waals surface area contributed by atoms with E-state index in [0.29, 0.717) is 32.0 Å². The minimum atomic E-state index is -0.849. The Morgan fingerprint density at radius 2 is 2.28 bits per heavy atom. The van der Waals surface area contributed by atoms with Crippen LogP contribution in [-0.4, -0.2) is 48.2 Å². The van der Waals surface area contributed by atoms with E-state index in [-0.39, 0.29) is 12.6 Å². The van der Waals surface area contributed by atoms with E-state index in [4.69, 9.17) is 10.8 Å². The number of carbonyl (C=O) groups excluding carboxylic acids is 1. The molecule has 0 aromatic heterocycles. The zero-order chi connectivity index (χ0) is 13.5. The van der Waals surface area contributed by atoms with Crippen molar-refractivity contribution in [3.05, 3.63) is 0 Å². The fourth-order valence-electron chi connectivity index (χ4n) is 2.19. The minimum absolute atomic E-state index is 0.173. The number of carboxylic acid groups (broad SMARTS) is 1. The van der Waals surface area contributed by atoms with Crippen molar-refractivity contribution >= 4 is 12.0 Å². The second kappa shape index (κ2) is 7.20. The second-order valence-electron chi connectivity index (χ2n) is 4.85. The van der Waals surface area contributed by atoms with Crippen molar-refractivity contribution in [1.29, 1.82) is 0 Å². The summed E-state index contributed by atoms with van der Waals surface area (Å²) in [5.74, 6) is -0.966. The summed E-state index contributed by atoms with van der Waals surface area (Å²) in [4.78, 5) is 24.5. The third-order valence-electron chi connectivity index (χ3n) is 3.39. The molecule has 0 aromatic carbocycles. The van der Waals surface area contributed by atoms with Gasteiger partial charge in [-0.05, 0) is 25.3 Å². The molecule has 18 heavy (non-hydrogen) atoms. The smallest absolute Gasteiger partial charge is 0.317 e. The summed E-state index contributed by atoms with van der Waals surface area (Å²) in [6.45, 7) is 4.11. The Balaban J connectivity index is 2.34. The summed E-state index contributed by atoms with van der Waals surface area (Å²) in [7, 11) is 0.